The molecular formula is C14H13N5. The maximum Gasteiger partial charge on any atom is 0.104 e. The largest absolute Gasteiger partial charge is 0.397 e. The highest BCUT2D eigenvalue weighted by atomic mass is 15.1. The Morgan fingerprint density at radius 2 is 1.63 bits per heavy atom. The number of nitrogen functional groups attached to an aromatic ring is 1. The molecule has 0 aliphatic carbocycles. The van der Waals surface area contributed by atoms with Crippen LogP contribution in [0, 0.1) is 0 Å². The van der Waals surface area contributed by atoms with Crippen LogP contribution in [0.15, 0.2) is 66.1 Å². The van der Waals surface area contributed by atoms with Gasteiger partial charge in [0, 0.05) is 6.20 Å². The lowest BCUT2D eigenvalue weighted by Gasteiger charge is -2.00. The summed E-state index contributed by atoms with van der Waals surface area (Å²) < 4.78 is 0. The van der Waals surface area contributed by atoms with Gasteiger partial charge in [-0.15, -0.1) is 10.2 Å². The fourth-order valence-corrected chi connectivity index (χ4v) is 1.33. The second-order valence-corrected chi connectivity index (χ2v) is 3.79. The standard InChI is InChI=1S/C14H13N5/c1-10(13-5-3-4-8-16-13)18-19-11(2)14-7-6-12(15)9-17-14/h3-9H,1-2,15H2. The summed E-state index contributed by atoms with van der Waals surface area (Å²) in [5.74, 6) is 0. The van der Waals surface area contributed by atoms with Crippen molar-refractivity contribution in [2.45, 2.75) is 0 Å². The lowest BCUT2D eigenvalue weighted by Crippen LogP contribution is -1.89. The predicted molar refractivity (Wildman–Crippen MR) is 75.8 cm³/mol. The van der Waals surface area contributed by atoms with Gasteiger partial charge in [0.1, 0.15) is 11.4 Å². The molecule has 0 aromatic carbocycles. The Morgan fingerprint density at radius 1 is 0.947 bits per heavy atom. The Hall–Kier alpha value is -2.82. The number of pyridine rings is 2. The van der Waals surface area contributed by atoms with Crippen LogP contribution in [-0.4, -0.2) is 9.97 Å². The number of azo groups is 1. The number of aromatic nitrogens is 2. The highest BCUT2D eigenvalue weighted by Gasteiger charge is 2.00. The van der Waals surface area contributed by atoms with Gasteiger partial charge in [0.15, 0.2) is 0 Å². The third-order valence-electron chi connectivity index (χ3n) is 2.33. The monoisotopic (exact) mass is 251 g/mol. The van der Waals surface area contributed by atoms with Gasteiger partial charge in [-0.05, 0) is 24.3 Å². The maximum atomic E-state index is 5.56. The van der Waals surface area contributed by atoms with Gasteiger partial charge in [-0.3, -0.25) is 9.97 Å². The Balaban J connectivity index is 2.09. The van der Waals surface area contributed by atoms with Crippen molar-refractivity contribution >= 4 is 17.1 Å². The molecule has 0 unspecified atom stereocenters. The molecule has 0 aliphatic heterocycles. The van der Waals surface area contributed by atoms with Gasteiger partial charge in [-0.2, -0.15) is 0 Å². The van der Waals surface area contributed by atoms with Gasteiger partial charge >= 0.3 is 0 Å². The SMILES string of the molecule is C=C(N=NC(=C)c1ccc(N)cn1)c1ccccn1. The summed E-state index contributed by atoms with van der Waals surface area (Å²) in [7, 11) is 0. The van der Waals surface area contributed by atoms with Crippen molar-refractivity contribution in [2.24, 2.45) is 10.2 Å². The lowest BCUT2D eigenvalue weighted by atomic mass is 10.3. The molecule has 0 bridgehead atoms. The quantitative estimate of drug-likeness (QED) is 0.848. The molecule has 0 radical (unpaired) electrons. The van der Waals surface area contributed by atoms with Crippen LogP contribution in [0.2, 0.25) is 0 Å². The van der Waals surface area contributed by atoms with E-state index in [0.717, 1.165) is 0 Å². The lowest BCUT2D eigenvalue weighted by molar-refractivity contribution is 1.17. The van der Waals surface area contributed by atoms with E-state index < -0.39 is 0 Å². The number of nitrogens with two attached hydrogens (primary N) is 1. The number of rotatable bonds is 4. The third-order valence-corrected chi connectivity index (χ3v) is 2.33. The van der Waals surface area contributed by atoms with Crippen LogP contribution in [0.1, 0.15) is 11.4 Å². The Kier molecular flexibility index (Phi) is 3.78. The van der Waals surface area contributed by atoms with Crippen LogP contribution >= 0.6 is 0 Å². The molecule has 2 aromatic heterocycles. The average molecular weight is 251 g/mol. The summed E-state index contributed by atoms with van der Waals surface area (Å²) >= 11 is 0. The summed E-state index contributed by atoms with van der Waals surface area (Å²) in [5.41, 5.74) is 8.35. The molecule has 5 nitrogen and oxygen atoms in total. The van der Waals surface area contributed by atoms with E-state index in [1.165, 1.54) is 0 Å². The fourth-order valence-electron chi connectivity index (χ4n) is 1.33. The molecule has 5 heteroatoms. The van der Waals surface area contributed by atoms with Crippen LogP contribution in [0.3, 0.4) is 0 Å². The molecular weight excluding hydrogens is 238 g/mol. The molecule has 2 heterocycles. The minimum absolute atomic E-state index is 0.442. The molecule has 19 heavy (non-hydrogen) atoms. The van der Waals surface area contributed by atoms with Crippen LogP contribution in [0.5, 0.6) is 0 Å². The Bertz CT molecular complexity index is 614. The fraction of sp³-hybridized carbons (Fsp3) is 0. The molecule has 0 fully saturated rings. The molecule has 94 valence electrons. The number of anilines is 1. The molecule has 0 saturated heterocycles. The van der Waals surface area contributed by atoms with E-state index in [0.29, 0.717) is 28.5 Å². The van der Waals surface area contributed by atoms with Gasteiger partial charge in [-0.25, -0.2) is 0 Å². The molecule has 0 aliphatic rings. The highest BCUT2D eigenvalue weighted by molar-refractivity contribution is 5.62. The molecule has 2 aromatic rings. The number of hydrogen-bond acceptors (Lipinski definition) is 5. The first-order chi connectivity index (χ1) is 9.16. The number of nitrogens with zero attached hydrogens (tertiary/aromatic N) is 4. The summed E-state index contributed by atoms with van der Waals surface area (Å²) in [6.45, 7) is 7.60. The maximum absolute atomic E-state index is 5.56. The van der Waals surface area contributed by atoms with Crippen molar-refractivity contribution in [1.29, 1.82) is 0 Å². The van der Waals surface area contributed by atoms with Gasteiger partial charge in [0.05, 0.1) is 23.3 Å². The predicted octanol–water partition coefficient (Wildman–Crippen LogP) is 3.15. The first kappa shape index (κ1) is 12.6. The van der Waals surface area contributed by atoms with Crippen molar-refractivity contribution in [3.63, 3.8) is 0 Å². The summed E-state index contributed by atoms with van der Waals surface area (Å²) in [4.78, 5) is 8.23. The molecule has 0 amide bonds. The molecule has 0 atom stereocenters. The van der Waals surface area contributed by atoms with Gasteiger partial charge in [-0.1, -0.05) is 19.2 Å². The van der Waals surface area contributed by atoms with Crippen molar-refractivity contribution in [2.75, 3.05) is 5.73 Å². The first-order valence-corrected chi connectivity index (χ1v) is 5.59. The van der Waals surface area contributed by atoms with E-state index in [9.17, 15) is 0 Å². The van der Waals surface area contributed by atoms with Crippen LogP contribution < -0.4 is 5.73 Å². The van der Waals surface area contributed by atoms with E-state index in [1.807, 2.05) is 18.2 Å². The normalized spacial score (nSPS) is 10.5. The van der Waals surface area contributed by atoms with E-state index in [-0.39, 0.29) is 0 Å². The van der Waals surface area contributed by atoms with Crippen molar-refractivity contribution in [1.82, 2.24) is 9.97 Å². The summed E-state index contributed by atoms with van der Waals surface area (Å²) in [6, 6.07) is 8.97. The van der Waals surface area contributed by atoms with Crippen molar-refractivity contribution < 1.29 is 0 Å². The van der Waals surface area contributed by atoms with E-state index >= 15 is 0 Å². The molecule has 0 spiro atoms. The van der Waals surface area contributed by atoms with Gasteiger partial charge < -0.3 is 5.73 Å². The summed E-state index contributed by atoms with van der Waals surface area (Å²) in [6.07, 6.45) is 3.22. The minimum Gasteiger partial charge on any atom is -0.397 e. The van der Waals surface area contributed by atoms with E-state index in [4.69, 9.17) is 5.73 Å². The highest BCUT2D eigenvalue weighted by Crippen LogP contribution is 2.16. The topological polar surface area (TPSA) is 76.5 Å². The average Bonchev–Trinajstić information content (AvgIpc) is 2.46. The zero-order chi connectivity index (χ0) is 13.7. The molecule has 2 rings (SSSR count). The van der Waals surface area contributed by atoms with Crippen LogP contribution in [0.4, 0.5) is 5.69 Å². The first-order valence-electron chi connectivity index (χ1n) is 5.59. The third kappa shape index (κ3) is 3.32. The Labute approximate surface area is 111 Å². The molecule has 0 saturated carbocycles. The van der Waals surface area contributed by atoms with Crippen molar-refractivity contribution in [3.8, 4) is 0 Å². The minimum atomic E-state index is 0.442. The van der Waals surface area contributed by atoms with Crippen molar-refractivity contribution in [3.05, 3.63) is 67.3 Å². The van der Waals surface area contributed by atoms with Gasteiger partial charge in [0.2, 0.25) is 0 Å². The van der Waals surface area contributed by atoms with Crippen LogP contribution in [0.25, 0.3) is 11.4 Å². The van der Waals surface area contributed by atoms with E-state index in [2.05, 4.69) is 33.4 Å². The second-order valence-electron chi connectivity index (χ2n) is 3.79. The summed E-state index contributed by atoms with van der Waals surface area (Å²) in [5, 5.41) is 7.98. The smallest absolute Gasteiger partial charge is 0.104 e. The molecule has 2 N–H and O–H groups in total. The Morgan fingerprint density at radius 3 is 2.16 bits per heavy atom. The zero-order valence-corrected chi connectivity index (χ0v) is 10.3. The number of hydrogen-bond donors (Lipinski definition) is 1. The van der Waals surface area contributed by atoms with E-state index in [1.54, 1.807) is 24.5 Å². The zero-order valence-electron chi connectivity index (χ0n) is 10.3. The second kappa shape index (κ2) is 5.68. The van der Waals surface area contributed by atoms with Gasteiger partial charge in [0.25, 0.3) is 0 Å². The van der Waals surface area contributed by atoms with Crippen LogP contribution in [-0.2, 0) is 0 Å².